The fraction of sp³-hybridized carbons (Fsp3) is 0.525. The summed E-state index contributed by atoms with van der Waals surface area (Å²) in [6.45, 7) is 9.37. The number of thiophene rings is 1. The average molecular weight is 812 g/mol. The Balaban J connectivity index is 1.44. The first-order valence-electron chi connectivity index (χ1n) is 18.5. The maximum absolute atomic E-state index is 14.9. The predicted octanol–water partition coefficient (Wildman–Crippen LogP) is 9.17. The van der Waals surface area contributed by atoms with Gasteiger partial charge in [-0.2, -0.15) is 26.3 Å². The second-order valence-corrected chi connectivity index (χ2v) is 16.0. The van der Waals surface area contributed by atoms with E-state index in [1.54, 1.807) is 31.2 Å². The van der Waals surface area contributed by atoms with Crippen molar-refractivity contribution < 1.29 is 55.6 Å². The van der Waals surface area contributed by atoms with Crippen molar-refractivity contribution in [3.8, 4) is 11.5 Å². The number of ether oxygens (including phenoxy) is 2. The summed E-state index contributed by atoms with van der Waals surface area (Å²) >= 11 is 0.374. The lowest BCUT2D eigenvalue weighted by Crippen LogP contribution is -2.68. The van der Waals surface area contributed by atoms with Gasteiger partial charge in [-0.3, -0.25) is 14.6 Å². The van der Waals surface area contributed by atoms with Crippen LogP contribution in [0.25, 0.3) is 0 Å². The van der Waals surface area contributed by atoms with Crippen molar-refractivity contribution in [2.45, 2.75) is 102 Å². The van der Waals surface area contributed by atoms with Crippen molar-refractivity contribution in [3.63, 3.8) is 0 Å². The second kappa shape index (κ2) is 16.7. The SMILES string of the molecule is C=C(O)C(C)(C)CCCOc1ccccc1C1(O)CCN(C(=O)[C@]2(Oc3csc(C(F)(F)F)c3)CCCN(C(=O)c3cnccc3C(F)(F)F)[C@@H]2CCC)CC1. The molecule has 306 valence electrons. The van der Waals surface area contributed by atoms with Gasteiger partial charge >= 0.3 is 12.4 Å². The van der Waals surface area contributed by atoms with Crippen LogP contribution in [-0.4, -0.2) is 74.7 Å². The van der Waals surface area contributed by atoms with Crippen LogP contribution in [-0.2, 0) is 22.7 Å². The monoisotopic (exact) mass is 811 g/mol. The zero-order chi connectivity index (χ0) is 41.1. The van der Waals surface area contributed by atoms with Crippen molar-refractivity contribution in [1.29, 1.82) is 0 Å². The number of likely N-dealkylation sites (tertiary alicyclic amines) is 2. The van der Waals surface area contributed by atoms with Crippen molar-refractivity contribution in [1.82, 2.24) is 14.8 Å². The van der Waals surface area contributed by atoms with Crippen molar-refractivity contribution in [3.05, 3.63) is 88.1 Å². The maximum Gasteiger partial charge on any atom is 0.425 e. The maximum atomic E-state index is 14.9. The molecule has 0 aliphatic carbocycles. The number of para-hydroxylation sites is 1. The van der Waals surface area contributed by atoms with Crippen LogP contribution in [0.5, 0.6) is 11.5 Å². The molecule has 9 nitrogen and oxygen atoms in total. The van der Waals surface area contributed by atoms with Gasteiger partial charge in [0.2, 0.25) is 5.60 Å². The number of aromatic nitrogens is 1. The molecule has 4 heterocycles. The average Bonchev–Trinajstić information content (AvgIpc) is 3.63. The number of aliphatic hydroxyl groups is 2. The Kier molecular flexibility index (Phi) is 12.7. The Hall–Kier alpha value is -4.31. The van der Waals surface area contributed by atoms with E-state index in [1.165, 1.54) is 9.80 Å². The number of rotatable bonds is 13. The number of benzene rings is 1. The van der Waals surface area contributed by atoms with Crippen LogP contribution in [0.4, 0.5) is 26.3 Å². The number of halogens is 6. The molecule has 2 aromatic heterocycles. The van der Waals surface area contributed by atoms with Gasteiger partial charge in [-0.15, -0.1) is 11.3 Å². The molecule has 2 saturated heterocycles. The number of carbonyl (C=O) groups excluding carboxylic acids is 2. The van der Waals surface area contributed by atoms with E-state index in [4.69, 9.17) is 9.47 Å². The Bertz CT molecular complexity index is 1870. The standard InChI is InChI=1S/C40H47F6N3O6S/c1-5-10-32-38(55-27-23-33(56-25-27)40(44,45)46,15-8-19-49(32)34(51)28-24-47-18-13-29(28)39(41,42)43)35(52)48-20-16-37(53,17-21-48)30-11-6-7-12-31(30)54-22-9-14-36(3,4)26(2)50/h6-7,11-13,18,23-25,32,50,53H,2,5,8-10,14-17,19-22H2,1,3-4H3/t32-,38+/m1/s1. The molecule has 0 saturated carbocycles. The quantitative estimate of drug-likeness (QED) is 0.101. The first kappa shape index (κ1) is 42.8. The minimum absolute atomic E-state index is 0.00731. The van der Waals surface area contributed by atoms with E-state index in [1.807, 2.05) is 13.8 Å². The summed E-state index contributed by atoms with van der Waals surface area (Å²) in [6, 6.07) is 7.29. The van der Waals surface area contributed by atoms with Gasteiger partial charge in [0.1, 0.15) is 16.4 Å². The summed E-state index contributed by atoms with van der Waals surface area (Å²) in [4.78, 5) is 34.4. The highest BCUT2D eigenvalue weighted by Gasteiger charge is 2.56. The van der Waals surface area contributed by atoms with Crippen molar-refractivity contribution in [2.75, 3.05) is 26.2 Å². The topological polar surface area (TPSA) is 112 Å². The van der Waals surface area contributed by atoms with Gasteiger partial charge in [-0.05, 0) is 50.7 Å². The largest absolute Gasteiger partial charge is 0.512 e. The minimum Gasteiger partial charge on any atom is -0.512 e. The third-order valence-electron chi connectivity index (χ3n) is 10.8. The Morgan fingerprint density at radius 2 is 1.73 bits per heavy atom. The van der Waals surface area contributed by atoms with E-state index in [-0.39, 0.29) is 63.2 Å². The smallest absolute Gasteiger partial charge is 0.425 e. The van der Waals surface area contributed by atoms with E-state index in [2.05, 4.69) is 11.6 Å². The summed E-state index contributed by atoms with van der Waals surface area (Å²) in [7, 11) is 0. The molecule has 0 spiro atoms. The molecule has 56 heavy (non-hydrogen) atoms. The molecule has 2 amide bonds. The fourth-order valence-electron chi connectivity index (χ4n) is 7.54. The fourth-order valence-corrected chi connectivity index (χ4v) is 8.21. The second-order valence-electron chi connectivity index (χ2n) is 15.1. The van der Waals surface area contributed by atoms with Crippen LogP contribution < -0.4 is 9.47 Å². The Morgan fingerprint density at radius 3 is 2.36 bits per heavy atom. The van der Waals surface area contributed by atoms with Gasteiger partial charge in [0.15, 0.2) is 0 Å². The van der Waals surface area contributed by atoms with Crippen LogP contribution in [0.2, 0.25) is 0 Å². The van der Waals surface area contributed by atoms with Crippen molar-refractivity contribution >= 4 is 23.2 Å². The highest BCUT2D eigenvalue weighted by Crippen LogP contribution is 2.44. The van der Waals surface area contributed by atoms with E-state index in [0.29, 0.717) is 54.6 Å². The van der Waals surface area contributed by atoms with Gasteiger partial charge in [0.25, 0.3) is 11.8 Å². The number of alkyl halides is 6. The number of aliphatic hydroxyl groups excluding tert-OH is 1. The van der Waals surface area contributed by atoms with Crippen molar-refractivity contribution in [2.24, 2.45) is 5.41 Å². The number of allylic oxidation sites excluding steroid dienone is 1. The van der Waals surface area contributed by atoms with Gasteiger partial charge < -0.3 is 29.5 Å². The molecule has 2 atom stereocenters. The van der Waals surface area contributed by atoms with E-state index >= 15 is 0 Å². The lowest BCUT2D eigenvalue weighted by molar-refractivity contribution is -0.163. The summed E-state index contributed by atoms with van der Waals surface area (Å²) < 4.78 is 95.8. The number of carbonyl (C=O) groups is 2. The molecule has 2 N–H and O–H groups in total. The minimum atomic E-state index is -4.89. The van der Waals surface area contributed by atoms with Gasteiger partial charge in [0.05, 0.1) is 35.1 Å². The van der Waals surface area contributed by atoms with Gasteiger partial charge in [-0.1, -0.05) is 52.0 Å². The third kappa shape index (κ3) is 9.11. The lowest BCUT2D eigenvalue weighted by atomic mass is 9.78. The molecule has 16 heteroatoms. The van der Waals surface area contributed by atoms with Crippen LogP contribution in [0, 0.1) is 5.41 Å². The molecule has 1 aromatic carbocycles. The Morgan fingerprint density at radius 1 is 1.04 bits per heavy atom. The summed E-state index contributed by atoms with van der Waals surface area (Å²) in [6.07, 6.45) is -6.04. The number of nitrogens with zero attached hydrogens (tertiary/aromatic N) is 3. The predicted molar refractivity (Wildman–Crippen MR) is 197 cm³/mol. The summed E-state index contributed by atoms with van der Waals surface area (Å²) in [5.74, 6) is -1.41. The number of hydrogen-bond acceptors (Lipinski definition) is 8. The molecule has 2 fully saturated rings. The van der Waals surface area contributed by atoms with Gasteiger partial charge in [0, 0.05) is 60.9 Å². The molecule has 5 rings (SSSR count). The van der Waals surface area contributed by atoms with E-state index in [9.17, 15) is 46.1 Å². The molecule has 0 radical (unpaired) electrons. The zero-order valence-electron chi connectivity index (χ0n) is 31.5. The first-order chi connectivity index (χ1) is 26.2. The number of amides is 2. The number of piperidine rings is 2. The molecule has 0 unspecified atom stereocenters. The highest BCUT2D eigenvalue weighted by atomic mass is 32.1. The third-order valence-corrected chi connectivity index (χ3v) is 11.8. The summed E-state index contributed by atoms with van der Waals surface area (Å²) in [5, 5.41) is 23.0. The normalized spacial score (nSPS) is 20.4. The molecule has 2 aliphatic heterocycles. The van der Waals surface area contributed by atoms with Crippen LogP contribution in [0.1, 0.15) is 98.5 Å². The molecule has 3 aromatic rings. The number of pyridine rings is 1. The van der Waals surface area contributed by atoms with Gasteiger partial charge in [-0.25, -0.2) is 0 Å². The molecular weight excluding hydrogens is 765 g/mol. The first-order valence-corrected chi connectivity index (χ1v) is 19.4. The lowest BCUT2D eigenvalue weighted by Gasteiger charge is -2.51. The zero-order valence-corrected chi connectivity index (χ0v) is 32.3. The summed E-state index contributed by atoms with van der Waals surface area (Å²) in [5.41, 5.74) is -5.32. The van der Waals surface area contributed by atoms with Crippen LogP contribution in [0.3, 0.4) is 0 Å². The molecular formula is C40H47F6N3O6S. The van der Waals surface area contributed by atoms with E-state index < -0.39 is 62.8 Å². The van der Waals surface area contributed by atoms with Crippen LogP contribution in [0.15, 0.2) is 66.5 Å². The highest BCUT2D eigenvalue weighted by molar-refractivity contribution is 7.10. The van der Waals surface area contributed by atoms with E-state index in [0.717, 1.165) is 23.8 Å². The molecule has 0 bridgehead atoms. The molecule has 2 aliphatic rings. The number of hydrogen-bond donors (Lipinski definition) is 2. The van der Waals surface area contributed by atoms with Crippen LogP contribution >= 0.6 is 11.3 Å². The Labute approximate surface area is 325 Å².